The Morgan fingerprint density at radius 3 is 2.29 bits per heavy atom. The van der Waals surface area contributed by atoms with E-state index in [1.165, 1.54) is 4.31 Å². The van der Waals surface area contributed by atoms with Gasteiger partial charge in [-0.3, -0.25) is 4.31 Å². The Hall–Kier alpha value is -1.18. The molecule has 0 N–H and O–H groups in total. The third-order valence-corrected chi connectivity index (χ3v) is 6.22. The molecule has 5 nitrogen and oxygen atoms in total. The van der Waals surface area contributed by atoms with E-state index >= 15 is 0 Å². The van der Waals surface area contributed by atoms with Gasteiger partial charge in [-0.05, 0) is 30.7 Å². The fraction of sp³-hybridized carbons (Fsp3) is 0.500. The minimum Gasteiger partial charge on any atom is -0.378 e. The second kappa shape index (κ2) is 5.90. The third kappa shape index (κ3) is 2.90. The van der Waals surface area contributed by atoms with Crippen LogP contribution < -0.4 is 4.90 Å². The molecule has 0 radical (unpaired) electrons. The van der Waals surface area contributed by atoms with E-state index in [2.05, 4.69) is 4.90 Å². The van der Waals surface area contributed by atoms with Crippen LogP contribution in [0.1, 0.15) is 12.8 Å². The molecule has 2 saturated heterocycles. The highest BCUT2D eigenvalue weighted by molar-refractivity contribution is 7.91. The Kier molecular flexibility index (Phi) is 4.14. The maximum absolute atomic E-state index is 12.5. The summed E-state index contributed by atoms with van der Waals surface area (Å²) in [5, 5.41) is 0. The summed E-state index contributed by atoms with van der Waals surface area (Å²) >= 11 is 5.14. The Bertz CT molecular complexity index is 622. The van der Waals surface area contributed by atoms with Crippen molar-refractivity contribution in [3.8, 4) is 0 Å². The number of hydrogen-bond acceptors (Lipinski definition) is 5. The van der Waals surface area contributed by atoms with Gasteiger partial charge in [0.05, 0.1) is 23.1 Å². The van der Waals surface area contributed by atoms with Crippen LogP contribution in [0.5, 0.6) is 0 Å². The predicted molar refractivity (Wildman–Crippen MR) is 85.2 cm³/mol. The first-order valence-corrected chi connectivity index (χ1v) is 8.92. The van der Waals surface area contributed by atoms with Gasteiger partial charge in [0.1, 0.15) is 0 Å². The van der Waals surface area contributed by atoms with Gasteiger partial charge in [0.25, 0.3) is 10.0 Å². The van der Waals surface area contributed by atoms with Crippen LogP contribution in [0.4, 0.5) is 5.69 Å². The average Bonchev–Trinajstić information content (AvgIpc) is 2.95. The summed E-state index contributed by atoms with van der Waals surface area (Å²) in [6.07, 6.45) is 1.49. The van der Waals surface area contributed by atoms with Crippen molar-refractivity contribution in [2.75, 3.05) is 37.7 Å². The molecule has 0 amide bonds. The lowest BCUT2D eigenvalue weighted by Crippen LogP contribution is -2.36. The van der Waals surface area contributed by atoms with E-state index in [1.54, 1.807) is 12.1 Å². The molecule has 0 saturated carbocycles. The zero-order chi connectivity index (χ0) is 14.9. The van der Waals surface area contributed by atoms with Gasteiger partial charge in [-0.1, -0.05) is 12.2 Å². The van der Waals surface area contributed by atoms with E-state index in [1.807, 2.05) is 12.1 Å². The first kappa shape index (κ1) is 14.7. The lowest BCUT2D eigenvalue weighted by molar-refractivity contribution is 0.122. The maximum atomic E-state index is 12.5. The number of rotatable bonds is 3. The summed E-state index contributed by atoms with van der Waals surface area (Å²) in [4.78, 5) is 3.02. The molecule has 0 bridgehead atoms. The highest BCUT2D eigenvalue weighted by atomic mass is 32.2. The molecule has 21 heavy (non-hydrogen) atoms. The Labute approximate surface area is 130 Å². The number of anilines is 1. The molecule has 0 aliphatic carbocycles. The SMILES string of the molecule is O=S(=O)(c1ccc(N2CCOCC2)cc1)N1CCCC1=S. The van der Waals surface area contributed by atoms with Crippen LogP contribution >= 0.6 is 12.2 Å². The summed E-state index contributed by atoms with van der Waals surface area (Å²) in [6.45, 7) is 3.58. The Morgan fingerprint density at radius 1 is 1.05 bits per heavy atom. The Morgan fingerprint density at radius 2 is 1.71 bits per heavy atom. The van der Waals surface area contributed by atoms with Gasteiger partial charge in [0.2, 0.25) is 0 Å². The molecule has 0 aromatic heterocycles. The number of benzene rings is 1. The van der Waals surface area contributed by atoms with E-state index in [0.717, 1.165) is 25.2 Å². The lowest BCUT2D eigenvalue weighted by atomic mass is 10.2. The molecule has 1 aromatic carbocycles. The van der Waals surface area contributed by atoms with E-state index in [4.69, 9.17) is 17.0 Å². The van der Waals surface area contributed by atoms with Crippen molar-refractivity contribution in [1.82, 2.24) is 4.31 Å². The topological polar surface area (TPSA) is 49.9 Å². The summed E-state index contributed by atoms with van der Waals surface area (Å²) in [6, 6.07) is 7.05. The van der Waals surface area contributed by atoms with Gasteiger partial charge in [-0.25, -0.2) is 8.42 Å². The predicted octanol–water partition coefficient (Wildman–Crippen LogP) is 1.64. The molecule has 2 heterocycles. The fourth-order valence-electron chi connectivity index (χ4n) is 2.66. The van der Waals surface area contributed by atoms with Crippen LogP contribution in [-0.4, -0.2) is 50.6 Å². The average molecular weight is 326 g/mol. The Balaban J connectivity index is 1.81. The smallest absolute Gasteiger partial charge is 0.264 e. The van der Waals surface area contributed by atoms with Gasteiger partial charge in [-0.2, -0.15) is 0 Å². The molecule has 2 aliphatic heterocycles. The second-order valence-electron chi connectivity index (χ2n) is 5.17. The monoisotopic (exact) mass is 326 g/mol. The van der Waals surface area contributed by atoms with Crippen LogP contribution in [0.3, 0.4) is 0 Å². The maximum Gasteiger partial charge on any atom is 0.264 e. The summed E-state index contributed by atoms with van der Waals surface area (Å²) in [5.74, 6) is 0. The van der Waals surface area contributed by atoms with Crippen LogP contribution in [0.25, 0.3) is 0 Å². The number of thiocarbonyl (C=S) groups is 1. The third-order valence-electron chi connectivity index (χ3n) is 3.83. The van der Waals surface area contributed by atoms with Gasteiger partial charge < -0.3 is 9.64 Å². The van der Waals surface area contributed by atoms with Crippen LogP contribution in [0.15, 0.2) is 29.2 Å². The number of ether oxygens (including phenoxy) is 1. The molecule has 7 heteroatoms. The summed E-state index contributed by atoms with van der Waals surface area (Å²) in [5.41, 5.74) is 1.03. The van der Waals surface area contributed by atoms with Crippen molar-refractivity contribution in [2.45, 2.75) is 17.7 Å². The largest absolute Gasteiger partial charge is 0.378 e. The molecule has 0 atom stereocenters. The zero-order valence-corrected chi connectivity index (χ0v) is 13.3. The molecule has 0 spiro atoms. The molecule has 1 aromatic rings. The van der Waals surface area contributed by atoms with Crippen molar-refractivity contribution in [1.29, 1.82) is 0 Å². The standard InChI is InChI=1S/C14H18N2O3S2/c17-21(18,16-7-1-2-14(16)20)13-5-3-12(4-6-13)15-8-10-19-11-9-15/h3-6H,1-2,7-11H2. The highest BCUT2D eigenvalue weighted by Gasteiger charge is 2.30. The molecule has 3 rings (SSSR count). The normalized spacial score (nSPS) is 20.1. The fourth-order valence-corrected chi connectivity index (χ4v) is 4.65. The lowest BCUT2D eigenvalue weighted by Gasteiger charge is -2.29. The van der Waals surface area contributed by atoms with Gasteiger partial charge in [0.15, 0.2) is 0 Å². The van der Waals surface area contributed by atoms with Crippen molar-refractivity contribution in [3.63, 3.8) is 0 Å². The summed E-state index contributed by atoms with van der Waals surface area (Å²) in [7, 11) is -3.49. The molecule has 114 valence electrons. The molecular formula is C14H18N2O3S2. The molecular weight excluding hydrogens is 308 g/mol. The highest BCUT2D eigenvalue weighted by Crippen LogP contribution is 2.25. The molecule has 2 fully saturated rings. The second-order valence-corrected chi connectivity index (χ2v) is 7.50. The van der Waals surface area contributed by atoms with Crippen LogP contribution in [-0.2, 0) is 14.8 Å². The van der Waals surface area contributed by atoms with E-state index in [-0.39, 0.29) is 0 Å². The van der Waals surface area contributed by atoms with Gasteiger partial charge in [-0.15, -0.1) is 0 Å². The van der Waals surface area contributed by atoms with Crippen molar-refractivity contribution < 1.29 is 13.2 Å². The number of morpholine rings is 1. The van der Waals surface area contributed by atoms with E-state index in [9.17, 15) is 8.42 Å². The minimum absolute atomic E-state index is 0.309. The van der Waals surface area contributed by atoms with Gasteiger partial charge in [0, 0.05) is 31.7 Å². The number of nitrogens with zero attached hydrogens (tertiary/aromatic N) is 2. The van der Waals surface area contributed by atoms with Crippen molar-refractivity contribution in [3.05, 3.63) is 24.3 Å². The van der Waals surface area contributed by atoms with Gasteiger partial charge >= 0.3 is 0 Å². The van der Waals surface area contributed by atoms with Crippen LogP contribution in [0.2, 0.25) is 0 Å². The zero-order valence-electron chi connectivity index (χ0n) is 11.7. The number of sulfonamides is 1. The minimum atomic E-state index is -3.49. The van der Waals surface area contributed by atoms with Crippen molar-refractivity contribution in [2.24, 2.45) is 0 Å². The van der Waals surface area contributed by atoms with E-state index in [0.29, 0.717) is 36.1 Å². The van der Waals surface area contributed by atoms with E-state index < -0.39 is 10.0 Å². The first-order valence-electron chi connectivity index (χ1n) is 7.07. The van der Waals surface area contributed by atoms with Crippen molar-refractivity contribution >= 4 is 32.9 Å². The first-order chi connectivity index (χ1) is 10.1. The summed E-state index contributed by atoms with van der Waals surface area (Å²) < 4.78 is 31.7. The molecule has 2 aliphatic rings. The number of hydrogen-bond donors (Lipinski definition) is 0. The molecule has 0 unspecified atom stereocenters. The quantitative estimate of drug-likeness (QED) is 0.790. The van der Waals surface area contributed by atoms with Crippen LogP contribution in [0, 0.1) is 0 Å².